The third-order valence-electron chi connectivity index (χ3n) is 4.05. The van der Waals surface area contributed by atoms with Gasteiger partial charge in [-0.25, -0.2) is 14.6 Å². The summed E-state index contributed by atoms with van der Waals surface area (Å²) in [5, 5.41) is 3.41. The summed E-state index contributed by atoms with van der Waals surface area (Å²) in [6.45, 7) is 10.8. The van der Waals surface area contributed by atoms with Gasteiger partial charge >= 0.3 is 12.1 Å². The lowest BCUT2D eigenvalue weighted by atomic mass is 10.1. The second-order valence-corrected chi connectivity index (χ2v) is 9.43. The first-order valence-electron chi connectivity index (χ1n) is 8.67. The molecule has 1 fully saturated rings. The lowest BCUT2D eigenvalue weighted by Gasteiger charge is -2.28. The van der Waals surface area contributed by atoms with Crippen LogP contribution in [-0.2, 0) is 16.0 Å². The molecular formula is C17H26BrN3O4S. The predicted molar refractivity (Wildman–Crippen MR) is 103 cm³/mol. The number of carbonyl (C=O) groups excluding carboxylic acids is 2. The van der Waals surface area contributed by atoms with Gasteiger partial charge in [-0.05, 0) is 57.0 Å². The van der Waals surface area contributed by atoms with Crippen molar-refractivity contribution in [3.63, 3.8) is 0 Å². The molecule has 1 saturated heterocycles. The molecule has 9 heteroatoms. The first kappa shape index (κ1) is 21.1. The van der Waals surface area contributed by atoms with Crippen LogP contribution in [0.25, 0.3) is 0 Å². The van der Waals surface area contributed by atoms with Gasteiger partial charge in [-0.15, -0.1) is 0 Å². The maximum absolute atomic E-state index is 12.3. The van der Waals surface area contributed by atoms with Crippen molar-refractivity contribution in [2.45, 2.75) is 65.3 Å². The number of halogens is 1. The largest absolute Gasteiger partial charge is 0.462 e. The number of carbonyl (C=O) groups is 2. The summed E-state index contributed by atoms with van der Waals surface area (Å²) in [5.74, 6) is -0.359. The van der Waals surface area contributed by atoms with Crippen molar-refractivity contribution in [3.8, 4) is 0 Å². The van der Waals surface area contributed by atoms with Gasteiger partial charge in [-0.2, -0.15) is 0 Å². The van der Waals surface area contributed by atoms with E-state index in [9.17, 15) is 9.59 Å². The van der Waals surface area contributed by atoms with Crippen molar-refractivity contribution in [2.24, 2.45) is 0 Å². The minimum Gasteiger partial charge on any atom is -0.462 e. The maximum atomic E-state index is 12.3. The SMILES string of the molecule is CCOC(=O)c1sc(Br)nc1CN[C@@H]1CCN(C(=O)OC(C)(C)C)[C@@H]1C. The first-order chi connectivity index (χ1) is 12.1. The van der Waals surface area contributed by atoms with Crippen LogP contribution in [0.3, 0.4) is 0 Å². The van der Waals surface area contributed by atoms with Crippen LogP contribution < -0.4 is 5.32 Å². The molecular weight excluding hydrogens is 422 g/mol. The Morgan fingerprint density at radius 2 is 2.12 bits per heavy atom. The third kappa shape index (κ3) is 5.40. The van der Waals surface area contributed by atoms with Gasteiger partial charge in [0.1, 0.15) is 10.5 Å². The Morgan fingerprint density at radius 1 is 1.42 bits per heavy atom. The molecule has 2 heterocycles. The monoisotopic (exact) mass is 447 g/mol. The zero-order chi connectivity index (χ0) is 19.5. The zero-order valence-corrected chi connectivity index (χ0v) is 18.2. The van der Waals surface area contributed by atoms with Crippen LogP contribution in [0.15, 0.2) is 3.92 Å². The van der Waals surface area contributed by atoms with E-state index in [0.29, 0.717) is 34.2 Å². The van der Waals surface area contributed by atoms with Crippen molar-refractivity contribution in [3.05, 3.63) is 14.5 Å². The highest BCUT2D eigenvalue weighted by Crippen LogP contribution is 2.26. The Morgan fingerprint density at radius 3 is 2.73 bits per heavy atom. The second kappa shape index (κ2) is 8.67. The summed E-state index contributed by atoms with van der Waals surface area (Å²) in [6.07, 6.45) is 0.526. The van der Waals surface area contributed by atoms with Gasteiger partial charge in [0.25, 0.3) is 0 Å². The molecule has 0 saturated carbocycles. The highest BCUT2D eigenvalue weighted by atomic mass is 79.9. The quantitative estimate of drug-likeness (QED) is 0.694. The average molecular weight is 448 g/mol. The number of esters is 1. The highest BCUT2D eigenvalue weighted by Gasteiger charge is 2.36. The number of amides is 1. The van der Waals surface area contributed by atoms with E-state index >= 15 is 0 Å². The number of aromatic nitrogens is 1. The molecule has 2 atom stereocenters. The summed E-state index contributed by atoms with van der Waals surface area (Å²) >= 11 is 4.59. The highest BCUT2D eigenvalue weighted by molar-refractivity contribution is 9.11. The molecule has 0 bridgehead atoms. The van der Waals surface area contributed by atoms with Crippen LogP contribution in [0.4, 0.5) is 4.79 Å². The fourth-order valence-corrected chi connectivity index (χ4v) is 4.22. The zero-order valence-electron chi connectivity index (χ0n) is 15.8. The molecule has 1 aromatic rings. The second-order valence-electron chi connectivity index (χ2n) is 7.15. The maximum Gasteiger partial charge on any atom is 0.410 e. The van der Waals surface area contributed by atoms with Crippen LogP contribution in [0.2, 0.25) is 0 Å². The van der Waals surface area contributed by atoms with Crippen LogP contribution in [0.5, 0.6) is 0 Å². The van der Waals surface area contributed by atoms with E-state index in [-0.39, 0.29) is 24.1 Å². The van der Waals surface area contributed by atoms with E-state index in [1.807, 2.05) is 27.7 Å². The van der Waals surface area contributed by atoms with Gasteiger partial charge in [-0.3, -0.25) is 0 Å². The van der Waals surface area contributed by atoms with E-state index in [4.69, 9.17) is 9.47 Å². The molecule has 0 spiro atoms. The van der Waals surface area contributed by atoms with Crippen LogP contribution >= 0.6 is 27.3 Å². The van der Waals surface area contributed by atoms with Crippen LogP contribution in [0, 0.1) is 0 Å². The Bertz CT molecular complexity index is 659. The molecule has 1 amide bonds. The molecule has 0 aromatic carbocycles. The molecule has 1 aromatic heterocycles. The Kier molecular flexibility index (Phi) is 7.04. The molecule has 146 valence electrons. The number of nitrogens with zero attached hydrogens (tertiary/aromatic N) is 2. The standard InChI is InChI=1S/C17H26BrN3O4S/c1-6-24-14(22)13-12(20-15(18)26-13)9-19-11-7-8-21(10(11)2)16(23)25-17(3,4)5/h10-11,19H,6-9H2,1-5H3/t10-,11-/m1/s1. The van der Waals surface area contributed by atoms with E-state index < -0.39 is 5.60 Å². The van der Waals surface area contributed by atoms with Crippen molar-refractivity contribution in [1.82, 2.24) is 15.2 Å². The van der Waals surface area contributed by atoms with E-state index in [2.05, 4.69) is 26.2 Å². The van der Waals surface area contributed by atoms with Gasteiger partial charge in [-0.1, -0.05) is 11.3 Å². The minimum atomic E-state index is -0.510. The number of hydrogen-bond donors (Lipinski definition) is 1. The lowest BCUT2D eigenvalue weighted by Crippen LogP contribution is -2.44. The number of likely N-dealkylation sites (tertiary alicyclic amines) is 1. The molecule has 0 unspecified atom stereocenters. The number of nitrogens with one attached hydrogen (secondary N) is 1. The topological polar surface area (TPSA) is 80.8 Å². The van der Waals surface area contributed by atoms with Crippen molar-refractivity contribution >= 4 is 39.3 Å². The Balaban J connectivity index is 1.97. The number of hydrogen-bond acceptors (Lipinski definition) is 7. The molecule has 2 rings (SSSR count). The number of thiazole rings is 1. The molecule has 0 radical (unpaired) electrons. The Labute approximate surface area is 166 Å². The lowest BCUT2D eigenvalue weighted by molar-refractivity contribution is 0.0229. The Hall–Kier alpha value is -1.19. The van der Waals surface area contributed by atoms with Crippen molar-refractivity contribution in [2.75, 3.05) is 13.2 Å². The van der Waals surface area contributed by atoms with E-state index in [0.717, 1.165) is 6.42 Å². The fraction of sp³-hybridized carbons (Fsp3) is 0.706. The molecule has 7 nitrogen and oxygen atoms in total. The van der Waals surface area contributed by atoms with E-state index in [1.165, 1.54) is 11.3 Å². The summed E-state index contributed by atoms with van der Waals surface area (Å²) < 4.78 is 11.2. The number of rotatable bonds is 5. The summed E-state index contributed by atoms with van der Waals surface area (Å²) in [4.78, 5) is 31.0. The third-order valence-corrected chi connectivity index (χ3v) is 5.58. The van der Waals surface area contributed by atoms with Crippen molar-refractivity contribution in [1.29, 1.82) is 0 Å². The predicted octanol–water partition coefficient (Wildman–Crippen LogP) is 3.57. The van der Waals surface area contributed by atoms with Crippen LogP contribution in [0.1, 0.15) is 56.4 Å². The van der Waals surface area contributed by atoms with Gasteiger partial charge in [0, 0.05) is 25.2 Å². The molecule has 26 heavy (non-hydrogen) atoms. The minimum absolute atomic E-state index is 0.00188. The first-order valence-corrected chi connectivity index (χ1v) is 10.3. The van der Waals surface area contributed by atoms with Gasteiger partial charge in [0.15, 0.2) is 3.92 Å². The van der Waals surface area contributed by atoms with Crippen LogP contribution in [-0.4, -0.2) is 52.8 Å². The average Bonchev–Trinajstić information content (AvgIpc) is 3.06. The summed E-state index contributed by atoms with van der Waals surface area (Å²) in [5.41, 5.74) is 0.146. The smallest absolute Gasteiger partial charge is 0.410 e. The van der Waals surface area contributed by atoms with Crippen molar-refractivity contribution < 1.29 is 19.1 Å². The number of ether oxygens (including phenoxy) is 2. The normalized spacial score (nSPS) is 20.3. The van der Waals surface area contributed by atoms with Gasteiger partial charge < -0.3 is 19.7 Å². The summed E-state index contributed by atoms with van der Waals surface area (Å²) in [7, 11) is 0. The molecule has 1 aliphatic rings. The van der Waals surface area contributed by atoms with Gasteiger partial charge in [0.2, 0.25) is 0 Å². The molecule has 1 N–H and O–H groups in total. The van der Waals surface area contributed by atoms with E-state index in [1.54, 1.807) is 11.8 Å². The molecule has 0 aliphatic carbocycles. The fourth-order valence-electron chi connectivity index (χ4n) is 2.82. The van der Waals surface area contributed by atoms with Gasteiger partial charge in [0.05, 0.1) is 12.3 Å². The summed E-state index contributed by atoms with van der Waals surface area (Å²) in [6, 6.07) is 0.107. The molecule has 1 aliphatic heterocycles.